The number of imidazole rings is 1. The fourth-order valence-corrected chi connectivity index (χ4v) is 5.07. The van der Waals surface area contributed by atoms with E-state index in [-0.39, 0.29) is 23.7 Å². The summed E-state index contributed by atoms with van der Waals surface area (Å²) < 4.78 is 46.6. The Bertz CT molecular complexity index is 1710. The summed E-state index contributed by atoms with van der Waals surface area (Å²) in [4.78, 5) is 59.0. The predicted molar refractivity (Wildman–Crippen MR) is 163 cm³/mol. The van der Waals surface area contributed by atoms with Crippen molar-refractivity contribution in [1.82, 2.24) is 20.3 Å². The maximum absolute atomic E-state index is 13.4. The monoisotopic (exact) mass is 640 g/mol. The average Bonchev–Trinajstić information content (AvgIpc) is 3.64. The van der Waals surface area contributed by atoms with E-state index in [4.69, 9.17) is 4.74 Å². The molecule has 0 aliphatic carbocycles. The van der Waals surface area contributed by atoms with Crippen LogP contribution in [0, 0.1) is 6.92 Å². The highest BCUT2D eigenvalue weighted by Crippen LogP contribution is 2.28. The lowest BCUT2D eigenvalue weighted by atomic mass is 10.0. The Balaban J connectivity index is 1.49. The largest absolute Gasteiger partial charge is 0.497 e. The van der Waals surface area contributed by atoms with Gasteiger partial charge < -0.3 is 24.8 Å². The molecule has 1 amide bonds. The van der Waals surface area contributed by atoms with Gasteiger partial charge in [0.2, 0.25) is 5.91 Å². The van der Waals surface area contributed by atoms with Crippen molar-refractivity contribution in [2.75, 3.05) is 7.11 Å². The molecule has 2 aromatic heterocycles. The molecule has 244 valence electrons. The van der Waals surface area contributed by atoms with E-state index in [2.05, 4.69) is 25.0 Å². The summed E-state index contributed by atoms with van der Waals surface area (Å²) in [5.41, 5.74) is 3.46. The van der Waals surface area contributed by atoms with Crippen molar-refractivity contribution in [2.45, 2.75) is 71.0 Å². The average molecular weight is 641 g/mol. The molecule has 13 heteroatoms. The number of hydrogen-bond donors (Lipinski definition) is 3. The van der Waals surface area contributed by atoms with Gasteiger partial charge in [0.15, 0.2) is 0 Å². The van der Waals surface area contributed by atoms with Gasteiger partial charge in [-0.3, -0.25) is 9.59 Å². The number of carbonyl (C=O) groups is 4. The van der Waals surface area contributed by atoms with Crippen LogP contribution >= 0.6 is 0 Å². The third-order valence-electron chi connectivity index (χ3n) is 7.62. The lowest BCUT2D eigenvalue weighted by Crippen LogP contribution is -2.30. The van der Waals surface area contributed by atoms with Gasteiger partial charge >= 0.3 is 18.1 Å². The van der Waals surface area contributed by atoms with Crippen LogP contribution in [0.3, 0.4) is 0 Å². The molecule has 2 heterocycles. The second-order valence-electron chi connectivity index (χ2n) is 10.9. The number of unbranched alkanes of at least 4 members (excludes halogenated alkanes) is 2. The fraction of sp³-hybridized carbons (Fsp3) is 0.364. The van der Waals surface area contributed by atoms with Crippen LogP contribution in [0.4, 0.5) is 13.2 Å². The molecule has 4 rings (SSSR count). The zero-order chi connectivity index (χ0) is 33.4. The van der Waals surface area contributed by atoms with Gasteiger partial charge in [0.1, 0.15) is 17.4 Å². The fourth-order valence-electron chi connectivity index (χ4n) is 5.07. The summed E-state index contributed by atoms with van der Waals surface area (Å²) in [6.07, 6.45) is 0.205. The molecule has 46 heavy (non-hydrogen) atoms. The van der Waals surface area contributed by atoms with Crippen molar-refractivity contribution >= 4 is 34.5 Å². The van der Waals surface area contributed by atoms with Gasteiger partial charge in [0, 0.05) is 29.4 Å². The number of amides is 1. The Hall–Kier alpha value is -4.94. The molecular weight excluding hydrogens is 605 g/mol. The van der Waals surface area contributed by atoms with Gasteiger partial charge in [-0.1, -0.05) is 31.9 Å². The number of ether oxygens (including phenoxy) is 2. The number of nitrogens with one attached hydrogen (secondary N) is 3. The number of benzene rings is 2. The van der Waals surface area contributed by atoms with Crippen LogP contribution in [0.25, 0.3) is 22.2 Å². The highest BCUT2D eigenvalue weighted by Gasteiger charge is 2.42. The number of carbonyl (C=O) groups excluding carboxylic acids is 4. The molecule has 0 aliphatic heterocycles. The van der Waals surface area contributed by atoms with Crippen LogP contribution in [0.1, 0.15) is 78.9 Å². The molecule has 0 bridgehead atoms. The second-order valence-corrected chi connectivity index (χ2v) is 10.9. The van der Waals surface area contributed by atoms with Gasteiger partial charge in [-0.05, 0) is 61.2 Å². The number of aryl methyl sites for hydroxylation is 1. The van der Waals surface area contributed by atoms with Gasteiger partial charge in [0.25, 0.3) is 0 Å². The molecular formula is C33H35F3N4O6. The molecule has 3 N–H and O–H groups in total. The smallest absolute Gasteiger partial charge is 0.491 e. The van der Waals surface area contributed by atoms with E-state index in [9.17, 15) is 32.3 Å². The highest BCUT2D eigenvalue weighted by atomic mass is 19.4. The van der Waals surface area contributed by atoms with Crippen LogP contribution in [-0.2, 0) is 25.5 Å². The van der Waals surface area contributed by atoms with E-state index in [0.29, 0.717) is 42.1 Å². The summed E-state index contributed by atoms with van der Waals surface area (Å²) in [7, 11) is 1.58. The number of hydrogen-bond acceptors (Lipinski definition) is 7. The van der Waals surface area contributed by atoms with Crippen LogP contribution in [0.2, 0.25) is 0 Å². The van der Waals surface area contributed by atoms with Crippen LogP contribution in [-0.4, -0.2) is 51.9 Å². The Labute approximate surface area is 263 Å². The van der Waals surface area contributed by atoms with Crippen molar-refractivity contribution in [2.24, 2.45) is 0 Å². The molecule has 0 saturated carbocycles. The number of aromatic nitrogens is 3. The lowest BCUT2D eigenvalue weighted by molar-refractivity contribution is -0.193. The van der Waals surface area contributed by atoms with Crippen LogP contribution in [0.15, 0.2) is 48.7 Å². The van der Waals surface area contributed by atoms with Gasteiger partial charge in [-0.25, -0.2) is 14.6 Å². The van der Waals surface area contributed by atoms with Crippen LogP contribution in [0.5, 0.6) is 5.75 Å². The number of Topliss-reactive ketones (excluding diaryl/α,β-unsaturated/α-hetero) is 1. The van der Waals surface area contributed by atoms with Gasteiger partial charge in [-0.2, -0.15) is 13.2 Å². The Kier molecular flexibility index (Phi) is 11.0. The highest BCUT2D eigenvalue weighted by molar-refractivity contribution is 5.98. The Morgan fingerprint density at radius 1 is 1.00 bits per heavy atom. The van der Waals surface area contributed by atoms with Crippen molar-refractivity contribution < 1.29 is 41.8 Å². The minimum Gasteiger partial charge on any atom is -0.497 e. The number of H-pyrrole nitrogens is 2. The minimum atomic E-state index is -5.29. The molecule has 0 unspecified atom stereocenters. The maximum Gasteiger partial charge on any atom is 0.491 e. The summed E-state index contributed by atoms with van der Waals surface area (Å²) in [5.74, 6) is -2.86. The number of nitrogens with zero attached hydrogens (tertiary/aromatic N) is 1. The van der Waals surface area contributed by atoms with Crippen molar-refractivity contribution in [3.05, 3.63) is 71.3 Å². The third kappa shape index (κ3) is 8.61. The molecule has 0 aliphatic rings. The minimum absolute atomic E-state index is 0.114. The summed E-state index contributed by atoms with van der Waals surface area (Å²) in [5, 5.41) is 3.98. The van der Waals surface area contributed by atoms with Crippen molar-refractivity contribution in [3.63, 3.8) is 0 Å². The topological polar surface area (TPSA) is 143 Å². The normalized spacial score (nSPS) is 12.1. The van der Waals surface area contributed by atoms with E-state index in [1.54, 1.807) is 13.3 Å². The van der Waals surface area contributed by atoms with E-state index in [1.165, 1.54) is 24.3 Å². The molecule has 10 nitrogen and oxygen atoms in total. The van der Waals surface area contributed by atoms with E-state index in [1.807, 2.05) is 32.0 Å². The quantitative estimate of drug-likeness (QED) is 0.0817. The number of aromatic amines is 2. The van der Waals surface area contributed by atoms with Crippen molar-refractivity contribution in [1.29, 1.82) is 0 Å². The first-order valence-electron chi connectivity index (χ1n) is 14.8. The first kappa shape index (κ1) is 33.9. The third-order valence-corrected chi connectivity index (χ3v) is 7.62. The number of esters is 2. The zero-order valence-corrected chi connectivity index (χ0v) is 25.7. The first-order valence-corrected chi connectivity index (χ1v) is 14.8. The molecule has 0 radical (unpaired) electrons. The number of fused-ring (bicyclic) bond motifs is 1. The van der Waals surface area contributed by atoms with E-state index >= 15 is 0 Å². The van der Waals surface area contributed by atoms with E-state index in [0.717, 1.165) is 41.4 Å². The maximum atomic E-state index is 13.4. The Morgan fingerprint density at radius 3 is 2.41 bits per heavy atom. The summed E-state index contributed by atoms with van der Waals surface area (Å²) >= 11 is 0. The van der Waals surface area contributed by atoms with Gasteiger partial charge in [-0.15, -0.1) is 0 Å². The van der Waals surface area contributed by atoms with Crippen molar-refractivity contribution in [3.8, 4) is 17.0 Å². The predicted octanol–water partition coefficient (Wildman–Crippen LogP) is 6.45. The number of rotatable bonds is 14. The number of alkyl halides is 3. The molecule has 0 spiro atoms. The molecule has 4 aromatic rings. The SMILES string of the molecule is CCC(=O)CCCCC[C@H](NC(=O)Cc1c(C)[nH]c2ccc(OC)cc12)c1ncc(-c2ccc(C(=O)OC(=O)C(F)(F)F)cc2)[nH]1. The van der Waals surface area contributed by atoms with Gasteiger partial charge in [0.05, 0.1) is 37.0 Å². The number of methoxy groups -OCH3 is 1. The molecule has 0 fully saturated rings. The molecule has 2 aromatic carbocycles. The molecule has 1 atom stereocenters. The summed E-state index contributed by atoms with van der Waals surface area (Å²) in [6.45, 7) is 3.74. The lowest BCUT2D eigenvalue weighted by Gasteiger charge is -2.17. The van der Waals surface area contributed by atoms with Crippen LogP contribution < -0.4 is 10.1 Å². The Morgan fingerprint density at radius 2 is 1.74 bits per heavy atom. The first-order chi connectivity index (χ1) is 21.9. The second kappa shape index (κ2) is 14.9. The zero-order valence-electron chi connectivity index (χ0n) is 25.7. The standard InChI is InChI=1S/C33H35F3N4O6/c1-4-22(41)8-6-5-7-9-27(39-29(42)17-24-19(2)38-26-15-14-23(45-3)16-25(24)26)30-37-18-28(40-30)20-10-12-21(13-11-20)31(43)46-32(44)33(34,35)36/h10-16,18,27,38H,4-9,17H2,1-3H3,(H,37,40)(H,39,42)/t27-/m0/s1. The molecule has 0 saturated heterocycles. The summed E-state index contributed by atoms with van der Waals surface area (Å²) in [6, 6.07) is 10.6. The van der Waals surface area contributed by atoms with E-state index < -0.39 is 24.2 Å². The number of halogens is 3. The number of ketones is 1.